The molecule has 2 amide bonds. The number of rotatable bonds is 3. The molecule has 0 bridgehead atoms. The topological polar surface area (TPSA) is 96.7 Å². The molecule has 2 unspecified atom stereocenters. The molecule has 116 valence electrons. The number of ether oxygens (including phenoxy) is 1. The van der Waals surface area contributed by atoms with Gasteiger partial charge in [0.1, 0.15) is 0 Å². The number of carboxylic acid groups (broad SMARTS) is 1. The highest BCUT2D eigenvalue weighted by Gasteiger charge is 2.27. The van der Waals surface area contributed by atoms with Crippen molar-refractivity contribution in [3.63, 3.8) is 0 Å². The highest BCUT2D eigenvalue weighted by Crippen LogP contribution is 2.13. The van der Waals surface area contributed by atoms with Gasteiger partial charge < -0.3 is 20.1 Å². The maximum atomic E-state index is 12.3. The molecular weight excluding hydrogens is 276 g/mol. The van der Waals surface area contributed by atoms with Crippen LogP contribution < -0.4 is 5.32 Å². The molecular formula is C13H20N4O4. The van der Waals surface area contributed by atoms with Gasteiger partial charge >= 0.3 is 12.0 Å². The van der Waals surface area contributed by atoms with Gasteiger partial charge in [-0.2, -0.15) is 5.10 Å². The van der Waals surface area contributed by atoms with E-state index in [2.05, 4.69) is 10.4 Å². The van der Waals surface area contributed by atoms with E-state index in [1.54, 1.807) is 18.1 Å². The second-order valence-electron chi connectivity index (χ2n) is 5.15. The molecule has 0 aliphatic carbocycles. The Labute approximate surface area is 122 Å². The number of carbonyl (C=O) groups is 2. The van der Waals surface area contributed by atoms with Crippen LogP contribution in [0, 0.1) is 0 Å². The van der Waals surface area contributed by atoms with E-state index < -0.39 is 18.0 Å². The molecule has 1 aromatic rings. The van der Waals surface area contributed by atoms with E-state index in [-0.39, 0.29) is 6.10 Å². The molecule has 0 saturated carbocycles. The largest absolute Gasteiger partial charge is 0.479 e. The van der Waals surface area contributed by atoms with Crippen LogP contribution in [0.5, 0.6) is 0 Å². The molecule has 2 heterocycles. The first-order chi connectivity index (χ1) is 9.97. The Hall–Kier alpha value is -2.09. The first-order valence-corrected chi connectivity index (χ1v) is 6.85. The fourth-order valence-electron chi connectivity index (χ4n) is 2.27. The molecule has 1 fully saturated rings. The van der Waals surface area contributed by atoms with Crippen LogP contribution in [0.15, 0.2) is 12.4 Å². The highest BCUT2D eigenvalue weighted by atomic mass is 16.5. The summed E-state index contributed by atoms with van der Waals surface area (Å²) in [4.78, 5) is 25.2. The van der Waals surface area contributed by atoms with Gasteiger partial charge in [-0.05, 0) is 13.3 Å². The average Bonchev–Trinajstić information content (AvgIpc) is 2.72. The molecule has 1 saturated heterocycles. The van der Waals surface area contributed by atoms with E-state index in [0.717, 1.165) is 6.42 Å². The van der Waals surface area contributed by atoms with Crippen LogP contribution >= 0.6 is 0 Å². The SMILES string of the molecule is CC1CN(C(=O)NC(C(=O)O)c2cnn(C)c2)CCCO1. The van der Waals surface area contributed by atoms with Crippen LogP contribution in [0.4, 0.5) is 4.79 Å². The Bertz CT molecular complexity index is 516. The standard InChI is InChI=1S/C13H20N4O4/c1-9-7-17(4-3-5-21-9)13(20)15-11(12(18)19)10-6-14-16(2)8-10/h6,8-9,11H,3-5,7H2,1-2H3,(H,15,20)(H,18,19). The molecule has 2 rings (SSSR count). The summed E-state index contributed by atoms with van der Waals surface area (Å²) >= 11 is 0. The van der Waals surface area contributed by atoms with Crippen molar-refractivity contribution in [2.24, 2.45) is 7.05 Å². The minimum Gasteiger partial charge on any atom is -0.479 e. The molecule has 1 aliphatic heterocycles. The van der Waals surface area contributed by atoms with Gasteiger partial charge in [-0.25, -0.2) is 9.59 Å². The van der Waals surface area contributed by atoms with Gasteiger partial charge in [0, 0.05) is 38.5 Å². The number of hydrogen-bond donors (Lipinski definition) is 2. The third-order valence-corrected chi connectivity index (χ3v) is 3.31. The molecule has 2 N–H and O–H groups in total. The van der Waals surface area contributed by atoms with Crippen LogP contribution in [0.2, 0.25) is 0 Å². The van der Waals surface area contributed by atoms with Crippen molar-refractivity contribution >= 4 is 12.0 Å². The quantitative estimate of drug-likeness (QED) is 0.840. The number of amides is 2. The second kappa shape index (κ2) is 6.57. The maximum Gasteiger partial charge on any atom is 0.331 e. The van der Waals surface area contributed by atoms with Crippen LogP contribution in [0.3, 0.4) is 0 Å². The average molecular weight is 296 g/mol. The van der Waals surface area contributed by atoms with E-state index >= 15 is 0 Å². The lowest BCUT2D eigenvalue weighted by Crippen LogP contribution is -2.45. The van der Waals surface area contributed by atoms with E-state index in [4.69, 9.17) is 4.74 Å². The Morgan fingerprint density at radius 2 is 2.33 bits per heavy atom. The van der Waals surface area contributed by atoms with Crippen LogP contribution in [0.25, 0.3) is 0 Å². The number of aromatic nitrogens is 2. The molecule has 2 atom stereocenters. The Morgan fingerprint density at radius 3 is 2.95 bits per heavy atom. The van der Waals surface area contributed by atoms with Gasteiger partial charge in [-0.15, -0.1) is 0 Å². The second-order valence-corrected chi connectivity index (χ2v) is 5.15. The van der Waals surface area contributed by atoms with Crippen LogP contribution in [-0.2, 0) is 16.6 Å². The predicted molar refractivity (Wildman–Crippen MR) is 73.7 cm³/mol. The summed E-state index contributed by atoms with van der Waals surface area (Å²) in [5.41, 5.74) is 0.442. The normalized spacial score (nSPS) is 20.7. The van der Waals surface area contributed by atoms with Crippen molar-refractivity contribution in [2.45, 2.75) is 25.5 Å². The first-order valence-electron chi connectivity index (χ1n) is 6.85. The van der Waals surface area contributed by atoms with E-state index in [1.807, 2.05) is 6.92 Å². The number of carboxylic acids is 1. The number of aryl methyl sites for hydroxylation is 1. The van der Waals surface area contributed by atoms with Gasteiger partial charge in [0.25, 0.3) is 0 Å². The van der Waals surface area contributed by atoms with Crippen molar-refractivity contribution < 1.29 is 19.4 Å². The number of nitrogens with one attached hydrogen (secondary N) is 1. The molecule has 0 spiro atoms. The van der Waals surface area contributed by atoms with Gasteiger partial charge in [0.15, 0.2) is 6.04 Å². The monoisotopic (exact) mass is 296 g/mol. The summed E-state index contributed by atoms with van der Waals surface area (Å²) in [6.07, 6.45) is 3.70. The summed E-state index contributed by atoms with van der Waals surface area (Å²) in [7, 11) is 1.69. The molecule has 1 aliphatic rings. The predicted octanol–water partition coefficient (Wildman–Crippen LogP) is 0.366. The summed E-state index contributed by atoms with van der Waals surface area (Å²) < 4.78 is 6.97. The minimum atomic E-state index is -1.12. The fraction of sp³-hybridized carbons (Fsp3) is 0.615. The number of urea groups is 1. The summed E-state index contributed by atoms with van der Waals surface area (Å²) in [5, 5.41) is 15.8. The summed E-state index contributed by atoms with van der Waals surface area (Å²) in [6.45, 7) is 3.50. The number of nitrogens with zero attached hydrogens (tertiary/aromatic N) is 3. The van der Waals surface area contributed by atoms with Gasteiger partial charge in [0.2, 0.25) is 0 Å². The van der Waals surface area contributed by atoms with Crippen molar-refractivity contribution in [1.29, 1.82) is 0 Å². The fourth-order valence-corrected chi connectivity index (χ4v) is 2.27. The third kappa shape index (κ3) is 3.94. The summed E-state index contributed by atoms with van der Waals surface area (Å²) in [5.74, 6) is -1.12. The molecule has 1 aromatic heterocycles. The number of aliphatic carboxylic acids is 1. The third-order valence-electron chi connectivity index (χ3n) is 3.31. The van der Waals surface area contributed by atoms with Crippen molar-refractivity contribution in [3.05, 3.63) is 18.0 Å². The molecule has 21 heavy (non-hydrogen) atoms. The summed E-state index contributed by atoms with van der Waals surface area (Å²) in [6, 6.07) is -1.51. The maximum absolute atomic E-state index is 12.3. The van der Waals surface area contributed by atoms with E-state index in [9.17, 15) is 14.7 Å². The van der Waals surface area contributed by atoms with Gasteiger partial charge in [-0.1, -0.05) is 0 Å². The Balaban J connectivity index is 2.06. The van der Waals surface area contributed by atoms with Crippen molar-refractivity contribution in [2.75, 3.05) is 19.7 Å². The molecule has 8 heteroatoms. The number of hydrogen-bond acceptors (Lipinski definition) is 4. The zero-order valence-electron chi connectivity index (χ0n) is 12.2. The van der Waals surface area contributed by atoms with Crippen LogP contribution in [-0.4, -0.2) is 57.6 Å². The van der Waals surface area contributed by atoms with Crippen molar-refractivity contribution in [3.8, 4) is 0 Å². The molecule has 0 aromatic carbocycles. The smallest absolute Gasteiger partial charge is 0.331 e. The van der Waals surface area contributed by atoms with Gasteiger partial charge in [-0.3, -0.25) is 4.68 Å². The minimum absolute atomic E-state index is 0.0556. The van der Waals surface area contributed by atoms with Crippen LogP contribution in [0.1, 0.15) is 24.9 Å². The Kier molecular flexibility index (Phi) is 4.79. The lowest BCUT2D eigenvalue weighted by molar-refractivity contribution is -0.139. The number of carbonyl (C=O) groups excluding carboxylic acids is 1. The molecule has 8 nitrogen and oxygen atoms in total. The van der Waals surface area contributed by atoms with E-state index in [1.165, 1.54) is 10.9 Å². The lowest BCUT2D eigenvalue weighted by Gasteiger charge is -2.24. The zero-order valence-corrected chi connectivity index (χ0v) is 12.2. The van der Waals surface area contributed by atoms with E-state index in [0.29, 0.717) is 25.3 Å². The van der Waals surface area contributed by atoms with Crippen molar-refractivity contribution in [1.82, 2.24) is 20.0 Å². The highest BCUT2D eigenvalue weighted by molar-refractivity contribution is 5.83. The zero-order chi connectivity index (χ0) is 15.4. The van der Waals surface area contributed by atoms with Gasteiger partial charge in [0.05, 0.1) is 12.3 Å². The lowest BCUT2D eigenvalue weighted by atomic mass is 10.1. The Morgan fingerprint density at radius 1 is 1.57 bits per heavy atom. The first kappa shape index (κ1) is 15.3. The molecule has 0 radical (unpaired) electrons.